The number of hydrogen-bond donors (Lipinski definition) is 1. The highest BCUT2D eigenvalue weighted by Crippen LogP contribution is 2.27. The van der Waals surface area contributed by atoms with Gasteiger partial charge in [-0.25, -0.2) is 0 Å². The van der Waals surface area contributed by atoms with Gasteiger partial charge in [-0.2, -0.15) is 23.5 Å². The molecule has 2 N–H and O–H groups in total. The highest BCUT2D eigenvalue weighted by molar-refractivity contribution is 8.06. The SMILES string of the molecule is CCCCCCCCCCCCC(N)C1CSCCS1. The summed E-state index contributed by atoms with van der Waals surface area (Å²) in [4.78, 5) is 0. The molecule has 0 aliphatic carbocycles. The Hall–Kier alpha value is 0.660. The normalized spacial score (nSPS) is 21.0. The molecule has 0 saturated carbocycles. The van der Waals surface area contributed by atoms with Gasteiger partial charge in [0.2, 0.25) is 0 Å². The number of thioether (sulfide) groups is 2. The number of nitrogens with two attached hydrogens (primary N) is 1. The molecule has 1 aliphatic heterocycles. The zero-order valence-electron chi connectivity index (χ0n) is 13.4. The quantitative estimate of drug-likeness (QED) is 0.483. The van der Waals surface area contributed by atoms with Gasteiger partial charge in [0.05, 0.1) is 0 Å². The zero-order valence-corrected chi connectivity index (χ0v) is 15.1. The summed E-state index contributed by atoms with van der Waals surface area (Å²) in [7, 11) is 0. The lowest BCUT2D eigenvalue weighted by molar-refractivity contribution is 0.520. The first-order valence-corrected chi connectivity index (χ1v) is 11.0. The minimum Gasteiger partial charge on any atom is -0.327 e. The van der Waals surface area contributed by atoms with Crippen molar-refractivity contribution >= 4 is 23.5 Å². The second kappa shape index (κ2) is 13.3. The molecule has 1 saturated heterocycles. The molecule has 1 nitrogen and oxygen atoms in total. The van der Waals surface area contributed by atoms with E-state index < -0.39 is 0 Å². The summed E-state index contributed by atoms with van der Waals surface area (Å²) in [5, 5.41) is 0.729. The van der Waals surface area contributed by atoms with Crippen LogP contribution < -0.4 is 5.73 Å². The Morgan fingerprint density at radius 2 is 1.50 bits per heavy atom. The van der Waals surface area contributed by atoms with Crippen LogP contribution in [0.15, 0.2) is 0 Å². The fraction of sp³-hybridized carbons (Fsp3) is 1.00. The van der Waals surface area contributed by atoms with Gasteiger partial charge in [-0.05, 0) is 6.42 Å². The summed E-state index contributed by atoms with van der Waals surface area (Å²) in [6.07, 6.45) is 15.4. The van der Waals surface area contributed by atoms with E-state index in [2.05, 4.69) is 30.4 Å². The summed E-state index contributed by atoms with van der Waals surface area (Å²) in [6, 6.07) is 0.446. The van der Waals surface area contributed by atoms with Crippen LogP contribution in [0.2, 0.25) is 0 Å². The Bertz CT molecular complexity index is 205. The van der Waals surface area contributed by atoms with E-state index >= 15 is 0 Å². The van der Waals surface area contributed by atoms with Crippen LogP contribution in [-0.4, -0.2) is 28.6 Å². The van der Waals surface area contributed by atoms with Crippen LogP contribution in [-0.2, 0) is 0 Å². The fourth-order valence-electron chi connectivity index (χ4n) is 2.81. The fourth-order valence-corrected chi connectivity index (χ4v) is 5.67. The summed E-state index contributed by atoms with van der Waals surface area (Å²) in [6.45, 7) is 2.29. The molecule has 0 spiro atoms. The van der Waals surface area contributed by atoms with Crippen LogP contribution in [0.5, 0.6) is 0 Å². The molecule has 0 radical (unpaired) electrons. The first kappa shape index (κ1) is 18.7. The van der Waals surface area contributed by atoms with Crippen molar-refractivity contribution in [2.75, 3.05) is 17.3 Å². The van der Waals surface area contributed by atoms with E-state index in [1.807, 2.05) is 0 Å². The van der Waals surface area contributed by atoms with Gasteiger partial charge in [0.1, 0.15) is 0 Å². The average Bonchev–Trinajstić information content (AvgIpc) is 2.50. The van der Waals surface area contributed by atoms with E-state index in [1.165, 1.54) is 87.9 Å². The average molecular weight is 318 g/mol. The Kier molecular flexibility index (Phi) is 12.5. The molecule has 2 atom stereocenters. The molecule has 3 heteroatoms. The molecule has 1 heterocycles. The first-order chi connectivity index (χ1) is 9.84. The minimum atomic E-state index is 0.446. The van der Waals surface area contributed by atoms with E-state index in [0.717, 1.165) is 5.25 Å². The third-order valence-electron chi connectivity index (χ3n) is 4.21. The minimum absolute atomic E-state index is 0.446. The van der Waals surface area contributed by atoms with Crippen molar-refractivity contribution in [3.8, 4) is 0 Å². The molecule has 1 rings (SSSR count). The lowest BCUT2D eigenvalue weighted by Crippen LogP contribution is -2.36. The van der Waals surface area contributed by atoms with E-state index in [9.17, 15) is 0 Å². The predicted octanol–water partition coefficient (Wildman–Crippen LogP) is 5.47. The van der Waals surface area contributed by atoms with Gasteiger partial charge in [0.15, 0.2) is 0 Å². The topological polar surface area (TPSA) is 26.0 Å². The summed E-state index contributed by atoms with van der Waals surface area (Å²) < 4.78 is 0. The summed E-state index contributed by atoms with van der Waals surface area (Å²) >= 11 is 4.20. The molecule has 120 valence electrons. The maximum Gasteiger partial charge on any atom is 0.0289 e. The lowest BCUT2D eigenvalue weighted by Gasteiger charge is -2.26. The number of rotatable bonds is 12. The first-order valence-electron chi connectivity index (χ1n) is 8.79. The Labute approximate surface area is 135 Å². The standard InChI is InChI=1S/C17H35NS2/c1-2-3-4-5-6-7-8-9-10-11-12-16(18)17-15-19-13-14-20-17/h16-17H,2-15,18H2,1H3. The van der Waals surface area contributed by atoms with Gasteiger partial charge in [-0.1, -0.05) is 71.1 Å². The van der Waals surface area contributed by atoms with Crippen LogP contribution >= 0.6 is 23.5 Å². The summed E-state index contributed by atoms with van der Waals surface area (Å²) in [5.74, 6) is 3.91. The molecule has 0 amide bonds. The van der Waals surface area contributed by atoms with Gasteiger partial charge in [-0.3, -0.25) is 0 Å². The van der Waals surface area contributed by atoms with Crippen LogP contribution in [0.4, 0.5) is 0 Å². The second-order valence-corrected chi connectivity index (χ2v) is 8.62. The largest absolute Gasteiger partial charge is 0.327 e. The van der Waals surface area contributed by atoms with Gasteiger partial charge in [0, 0.05) is 28.6 Å². The maximum absolute atomic E-state index is 6.32. The third-order valence-corrected chi connectivity index (χ3v) is 7.15. The van der Waals surface area contributed by atoms with E-state index in [4.69, 9.17) is 5.73 Å². The number of unbranched alkanes of at least 4 members (excludes halogenated alkanes) is 9. The highest BCUT2D eigenvalue weighted by atomic mass is 32.2. The maximum atomic E-state index is 6.32. The van der Waals surface area contributed by atoms with Crippen molar-refractivity contribution in [1.82, 2.24) is 0 Å². The van der Waals surface area contributed by atoms with Crippen molar-refractivity contribution in [3.63, 3.8) is 0 Å². The van der Waals surface area contributed by atoms with Crippen LogP contribution in [0.3, 0.4) is 0 Å². The van der Waals surface area contributed by atoms with Crippen molar-refractivity contribution in [3.05, 3.63) is 0 Å². The van der Waals surface area contributed by atoms with Crippen molar-refractivity contribution < 1.29 is 0 Å². The Morgan fingerprint density at radius 1 is 0.900 bits per heavy atom. The van der Waals surface area contributed by atoms with Crippen LogP contribution in [0.25, 0.3) is 0 Å². The Balaban J connectivity index is 1.82. The van der Waals surface area contributed by atoms with Crippen molar-refractivity contribution in [2.45, 2.75) is 88.8 Å². The van der Waals surface area contributed by atoms with Gasteiger partial charge < -0.3 is 5.73 Å². The van der Waals surface area contributed by atoms with Gasteiger partial charge in [0.25, 0.3) is 0 Å². The van der Waals surface area contributed by atoms with Gasteiger partial charge >= 0.3 is 0 Å². The monoisotopic (exact) mass is 317 g/mol. The smallest absolute Gasteiger partial charge is 0.0289 e. The second-order valence-electron chi connectivity index (χ2n) is 6.12. The highest BCUT2D eigenvalue weighted by Gasteiger charge is 2.20. The molecule has 0 aromatic rings. The van der Waals surface area contributed by atoms with Crippen molar-refractivity contribution in [1.29, 1.82) is 0 Å². The van der Waals surface area contributed by atoms with Crippen molar-refractivity contribution in [2.24, 2.45) is 5.73 Å². The zero-order chi connectivity index (χ0) is 14.5. The molecular weight excluding hydrogens is 282 g/mol. The number of hydrogen-bond acceptors (Lipinski definition) is 3. The lowest BCUT2D eigenvalue weighted by atomic mass is 10.0. The predicted molar refractivity (Wildman–Crippen MR) is 98.0 cm³/mol. The molecular formula is C17H35NS2. The van der Waals surface area contributed by atoms with E-state index in [1.54, 1.807) is 0 Å². The molecule has 1 fully saturated rings. The molecule has 2 unspecified atom stereocenters. The molecule has 0 aromatic carbocycles. The molecule has 0 bridgehead atoms. The van der Waals surface area contributed by atoms with Gasteiger partial charge in [-0.15, -0.1) is 0 Å². The van der Waals surface area contributed by atoms with Crippen LogP contribution in [0.1, 0.15) is 77.6 Å². The summed E-state index contributed by atoms with van der Waals surface area (Å²) in [5.41, 5.74) is 6.32. The van der Waals surface area contributed by atoms with E-state index in [-0.39, 0.29) is 0 Å². The van der Waals surface area contributed by atoms with Crippen LogP contribution in [0, 0.1) is 0 Å². The Morgan fingerprint density at radius 3 is 2.05 bits per heavy atom. The molecule has 20 heavy (non-hydrogen) atoms. The molecule has 1 aliphatic rings. The third kappa shape index (κ3) is 9.57. The van der Waals surface area contributed by atoms with E-state index in [0.29, 0.717) is 6.04 Å². The molecule has 0 aromatic heterocycles.